The van der Waals surface area contributed by atoms with Gasteiger partial charge in [-0.15, -0.1) is 0 Å². The number of benzene rings is 1. The van der Waals surface area contributed by atoms with E-state index in [-0.39, 0.29) is 0 Å². The van der Waals surface area contributed by atoms with Gasteiger partial charge in [-0.25, -0.2) is 0 Å². The Morgan fingerprint density at radius 2 is 1.82 bits per heavy atom. The molecule has 2 saturated heterocycles. The molecule has 0 bridgehead atoms. The van der Waals surface area contributed by atoms with Crippen LogP contribution in [-0.4, -0.2) is 93.2 Å². The van der Waals surface area contributed by atoms with Gasteiger partial charge in [0.15, 0.2) is 5.96 Å². The van der Waals surface area contributed by atoms with Gasteiger partial charge >= 0.3 is 0 Å². The van der Waals surface area contributed by atoms with E-state index >= 15 is 0 Å². The molecule has 6 heteroatoms. The predicted molar refractivity (Wildman–Crippen MR) is 118 cm³/mol. The van der Waals surface area contributed by atoms with Crippen molar-refractivity contribution < 1.29 is 0 Å². The van der Waals surface area contributed by atoms with Crippen LogP contribution in [0.4, 0.5) is 0 Å². The first-order chi connectivity index (χ1) is 13.6. The van der Waals surface area contributed by atoms with Crippen LogP contribution in [0.1, 0.15) is 31.4 Å². The highest BCUT2D eigenvalue weighted by Gasteiger charge is 2.25. The van der Waals surface area contributed by atoms with Crippen LogP contribution in [0.25, 0.3) is 0 Å². The van der Waals surface area contributed by atoms with Crippen molar-refractivity contribution in [3.05, 3.63) is 35.9 Å². The molecule has 0 aromatic heterocycles. The summed E-state index contributed by atoms with van der Waals surface area (Å²) in [7, 11) is 6.30. The third kappa shape index (κ3) is 5.69. The van der Waals surface area contributed by atoms with Gasteiger partial charge in [0.1, 0.15) is 0 Å². The van der Waals surface area contributed by atoms with Crippen LogP contribution in [0.3, 0.4) is 0 Å². The number of likely N-dealkylation sites (N-methyl/N-ethyl adjacent to an activating group) is 2. The Morgan fingerprint density at radius 3 is 2.50 bits per heavy atom. The van der Waals surface area contributed by atoms with Gasteiger partial charge in [-0.3, -0.25) is 14.8 Å². The van der Waals surface area contributed by atoms with Crippen molar-refractivity contribution in [1.82, 2.24) is 25.3 Å². The highest BCUT2D eigenvalue weighted by molar-refractivity contribution is 5.80. The van der Waals surface area contributed by atoms with Crippen LogP contribution in [0.5, 0.6) is 0 Å². The van der Waals surface area contributed by atoms with Gasteiger partial charge in [0.25, 0.3) is 0 Å². The van der Waals surface area contributed by atoms with Crippen molar-refractivity contribution in [2.75, 3.05) is 60.4 Å². The second-order valence-corrected chi connectivity index (χ2v) is 8.39. The van der Waals surface area contributed by atoms with E-state index < -0.39 is 0 Å². The summed E-state index contributed by atoms with van der Waals surface area (Å²) in [5.74, 6) is 0.941. The first-order valence-corrected chi connectivity index (χ1v) is 10.7. The summed E-state index contributed by atoms with van der Waals surface area (Å²) >= 11 is 0. The van der Waals surface area contributed by atoms with E-state index in [0.29, 0.717) is 18.1 Å². The lowest BCUT2D eigenvalue weighted by molar-refractivity contribution is 0.116. The molecule has 3 rings (SSSR count). The zero-order valence-corrected chi connectivity index (χ0v) is 18.1. The van der Waals surface area contributed by atoms with Crippen molar-refractivity contribution in [2.24, 2.45) is 4.99 Å². The molecule has 2 aliphatic rings. The molecular formula is C22H38N6. The number of rotatable bonds is 5. The van der Waals surface area contributed by atoms with Crippen LogP contribution in [-0.2, 0) is 0 Å². The van der Waals surface area contributed by atoms with Crippen LogP contribution in [0.15, 0.2) is 35.3 Å². The Hall–Kier alpha value is -1.63. The van der Waals surface area contributed by atoms with E-state index in [2.05, 4.69) is 81.7 Å². The Balaban J connectivity index is 1.43. The predicted octanol–water partition coefficient (Wildman–Crippen LogP) is 1.62. The third-order valence-electron chi connectivity index (χ3n) is 6.41. The maximum atomic E-state index is 4.46. The third-order valence-corrected chi connectivity index (χ3v) is 6.41. The van der Waals surface area contributed by atoms with Gasteiger partial charge < -0.3 is 15.5 Å². The summed E-state index contributed by atoms with van der Waals surface area (Å²) in [5, 5.41) is 7.20. The largest absolute Gasteiger partial charge is 0.355 e. The zero-order valence-electron chi connectivity index (χ0n) is 18.1. The number of piperazine rings is 1. The summed E-state index contributed by atoms with van der Waals surface area (Å²) in [6.45, 7) is 8.90. The van der Waals surface area contributed by atoms with Gasteiger partial charge in [0.2, 0.25) is 0 Å². The molecule has 1 aromatic rings. The molecule has 0 saturated carbocycles. The molecule has 6 nitrogen and oxygen atoms in total. The first-order valence-electron chi connectivity index (χ1n) is 10.7. The fourth-order valence-electron chi connectivity index (χ4n) is 4.30. The number of guanidine groups is 1. The molecule has 2 aliphatic heterocycles. The molecule has 2 fully saturated rings. The molecule has 2 unspecified atom stereocenters. The summed E-state index contributed by atoms with van der Waals surface area (Å²) < 4.78 is 0. The molecular weight excluding hydrogens is 348 g/mol. The number of piperidine rings is 1. The molecule has 0 radical (unpaired) electrons. The molecule has 1 aromatic carbocycles. The van der Waals surface area contributed by atoms with Crippen LogP contribution in [0.2, 0.25) is 0 Å². The van der Waals surface area contributed by atoms with Crippen molar-refractivity contribution in [3.63, 3.8) is 0 Å². The number of hydrogen-bond donors (Lipinski definition) is 2. The van der Waals surface area contributed by atoms with Gasteiger partial charge in [-0.05, 0) is 39.4 Å². The summed E-state index contributed by atoms with van der Waals surface area (Å²) in [6.07, 6.45) is 2.31. The molecule has 2 heterocycles. The van der Waals surface area contributed by atoms with Gasteiger partial charge in [-0.2, -0.15) is 0 Å². The molecule has 2 N–H and O–H groups in total. The number of nitrogens with one attached hydrogen (secondary N) is 2. The lowest BCUT2D eigenvalue weighted by Crippen LogP contribution is -2.56. The van der Waals surface area contributed by atoms with Crippen LogP contribution >= 0.6 is 0 Å². The first kappa shape index (κ1) is 21.1. The number of nitrogens with zero attached hydrogens (tertiary/aromatic N) is 4. The van der Waals surface area contributed by atoms with E-state index in [4.69, 9.17) is 0 Å². The number of aliphatic imine (C=N–C) groups is 1. The summed E-state index contributed by atoms with van der Waals surface area (Å²) in [5.41, 5.74) is 1.41. The lowest BCUT2D eigenvalue weighted by atomic mass is 10.0. The van der Waals surface area contributed by atoms with Crippen molar-refractivity contribution >= 4 is 5.96 Å². The second-order valence-electron chi connectivity index (χ2n) is 8.39. The van der Waals surface area contributed by atoms with E-state index in [1.807, 2.05) is 7.05 Å². The Morgan fingerprint density at radius 1 is 1.11 bits per heavy atom. The standard InChI is InChI=1S/C22H38N6/c1-18(19-8-6-5-7-9-19)28-12-10-20(11-13-28)25-22(23-2)24-16-21-17-26(3)14-15-27(21)4/h5-9,18,20-21H,10-17H2,1-4H3,(H2,23,24,25). The summed E-state index contributed by atoms with van der Waals surface area (Å²) in [6, 6.07) is 12.4. The minimum absolute atomic E-state index is 0.485. The van der Waals surface area contributed by atoms with Crippen molar-refractivity contribution in [2.45, 2.75) is 37.9 Å². The minimum atomic E-state index is 0.485. The molecule has 2 atom stereocenters. The van der Waals surface area contributed by atoms with Crippen LogP contribution in [0, 0.1) is 0 Å². The highest BCUT2D eigenvalue weighted by Crippen LogP contribution is 2.23. The molecule has 0 aliphatic carbocycles. The maximum absolute atomic E-state index is 4.46. The lowest BCUT2D eigenvalue weighted by Gasteiger charge is -2.39. The molecule has 0 spiro atoms. The fourth-order valence-corrected chi connectivity index (χ4v) is 4.30. The monoisotopic (exact) mass is 386 g/mol. The second kappa shape index (κ2) is 10.2. The number of likely N-dealkylation sites (tertiary alicyclic amines) is 1. The average Bonchev–Trinajstić information content (AvgIpc) is 2.74. The van der Waals surface area contributed by atoms with Crippen molar-refractivity contribution in [3.8, 4) is 0 Å². The SMILES string of the molecule is CN=C(NCC1CN(C)CCN1C)NC1CCN(C(C)c2ccccc2)CC1. The van der Waals surface area contributed by atoms with Gasteiger partial charge in [0.05, 0.1) is 0 Å². The van der Waals surface area contributed by atoms with Crippen molar-refractivity contribution in [1.29, 1.82) is 0 Å². The van der Waals surface area contributed by atoms with Crippen LogP contribution < -0.4 is 10.6 Å². The van der Waals surface area contributed by atoms with E-state index in [9.17, 15) is 0 Å². The van der Waals surface area contributed by atoms with Gasteiger partial charge in [-0.1, -0.05) is 30.3 Å². The normalized spacial score (nSPS) is 24.9. The Labute approximate surface area is 171 Å². The van der Waals surface area contributed by atoms with E-state index in [1.54, 1.807) is 0 Å². The molecule has 0 amide bonds. The molecule has 28 heavy (non-hydrogen) atoms. The topological polar surface area (TPSA) is 46.1 Å². The fraction of sp³-hybridized carbons (Fsp3) is 0.682. The van der Waals surface area contributed by atoms with E-state index in [0.717, 1.165) is 58.1 Å². The Bertz CT molecular complexity index is 611. The Kier molecular flexibility index (Phi) is 7.71. The highest BCUT2D eigenvalue weighted by atomic mass is 15.3. The smallest absolute Gasteiger partial charge is 0.191 e. The summed E-state index contributed by atoms with van der Waals surface area (Å²) in [4.78, 5) is 11.9. The average molecular weight is 387 g/mol. The minimum Gasteiger partial charge on any atom is -0.355 e. The quantitative estimate of drug-likeness (QED) is 0.595. The van der Waals surface area contributed by atoms with E-state index in [1.165, 1.54) is 5.56 Å². The zero-order chi connectivity index (χ0) is 19.9. The van der Waals surface area contributed by atoms with Gasteiger partial charge in [0, 0.05) is 64.4 Å². The number of hydrogen-bond acceptors (Lipinski definition) is 4. The molecule has 156 valence electrons. The maximum Gasteiger partial charge on any atom is 0.191 e.